The topological polar surface area (TPSA) is 49.0 Å². The van der Waals surface area contributed by atoms with Crippen LogP contribution in [0, 0.1) is 11.3 Å². The lowest BCUT2D eigenvalue weighted by Gasteiger charge is -2.08. The van der Waals surface area contributed by atoms with Gasteiger partial charge in [-0.25, -0.2) is 4.98 Å². The van der Waals surface area contributed by atoms with E-state index < -0.39 is 0 Å². The zero-order chi connectivity index (χ0) is 15.4. The van der Waals surface area contributed by atoms with Gasteiger partial charge in [0.25, 0.3) is 0 Å². The molecule has 0 saturated heterocycles. The normalized spacial score (nSPS) is 16.5. The third kappa shape index (κ3) is 3.45. The van der Waals surface area contributed by atoms with Crippen LogP contribution in [0.15, 0.2) is 39.1 Å². The number of nitriles is 1. The minimum absolute atomic E-state index is 0.285. The molecule has 0 saturated carbocycles. The van der Waals surface area contributed by atoms with Crippen molar-refractivity contribution in [1.82, 2.24) is 4.98 Å². The molecule has 0 radical (unpaired) electrons. The van der Waals surface area contributed by atoms with Gasteiger partial charge in [-0.3, -0.25) is 4.99 Å². The Balaban J connectivity index is 1.86. The summed E-state index contributed by atoms with van der Waals surface area (Å²) in [7, 11) is 0. The van der Waals surface area contributed by atoms with Gasteiger partial charge in [0, 0.05) is 27.7 Å². The van der Waals surface area contributed by atoms with Crippen LogP contribution < -0.4 is 0 Å². The van der Waals surface area contributed by atoms with E-state index in [1.54, 1.807) is 11.3 Å². The second-order valence-electron chi connectivity index (χ2n) is 5.32. The fourth-order valence-electron chi connectivity index (χ4n) is 2.58. The summed E-state index contributed by atoms with van der Waals surface area (Å²) < 4.78 is 1.05. The molecule has 0 amide bonds. The summed E-state index contributed by atoms with van der Waals surface area (Å²) in [5.41, 5.74) is 3.02. The molecular formula is C17H16BrN3S. The molecule has 5 heteroatoms. The molecule has 1 aliphatic rings. The summed E-state index contributed by atoms with van der Waals surface area (Å²) in [4.78, 5) is 9.31. The van der Waals surface area contributed by atoms with E-state index in [0.29, 0.717) is 0 Å². The SMILES string of the molecule is N#C[C@@H](C1=NCCCCC1)c1nc(-c2ccc(Br)cc2)cs1. The average Bonchev–Trinajstić information content (AvgIpc) is 2.85. The number of rotatable bonds is 3. The van der Waals surface area contributed by atoms with Gasteiger partial charge in [0.05, 0.1) is 11.8 Å². The fraction of sp³-hybridized carbons (Fsp3) is 0.353. The zero-order valence-electron chi connectivity index (χ0n) is 12.1. The summed E-state index contributed by atoms with van der Waals surface area (Å²) in [6, 6.07) is 10.5. The molecule has 2 heterocycles. The largest absolute Gasteiger partial charge is 0.292 e. The van der Waals surface area contributed by atoms with E-state index in [-0.39, 0.29) is 5.92 Å². The van der Waals surface area contributed by atoms with Gasteiger partial charge in [0.15, 0.2) is 0 Å². The second kappa shape index (κ2) is 7.17. The first-order chi connectivity index (χ1) is 10.8. The van der Waals surface area contributed by atoms with Crippen LogP contribution >= 0.6 is 27.3 Å². The average molecular weight is 374 g/mol. The maximum Gasteiger partial charge on any atom is 0.136 e. The Kier molecular flexibility index (Phi) is 5.01. The highest BCUT2D eigenvalue weighted by atomic mass is 79.9. The third-order valence-electron chi connectivity index (χ3n) is 3.78. The molecule has 3 nitrogen and oxygen atoms in total. The molecule has 22 heavy (non-hydrogen) atoms. The lowest BCUT2D eigenvalue weighted by molar-refractivity contribution is 0.730. The highest BCUT2D eigenvalue weighted by molar-refractivity contribution is 9.10. The van der Waals surface area contributed by atoms with E-state index in [1.165, 1.54) is 6.42 Å². The van der Waals surface area contributed by atoms with Crippen molar-refractivity contribution < 1.29 is 0 Å². The van der Waals surface area contributed by atoms with E-state index in [4.69, 9.17) is 0 Å². The molecule has 0 spiro atoms. The van der Waals surface area contributed by atoms with E-state index in [1.807, 2.05) is 29.6 Å². The number of aromatic nitrogens is 1. The Hall–Kier alpha value is -1.51. The molecule has 3 rings (SSSR count). The molecule has 0 bridgehead atoms. The number of nitrogens with zero attached hydrogens (tertiary/aromatic N) is 3. The molecular weight excluding hydrogens is 358 g/mol. The Morgan fingerprint density at radius 2 is 2.00 bits per heavy atom. The highest BCUT2D eigenvalue weighted by Gasteiger charge is 2.22. The first-order valence-electron chi connectivity index (χ1n) is 7.42. The number of aliphatic imine (C=N–C) groups is 1. The van der Waals surface area contributed by atoms with Gasteiger partial charge in [0.1, 0.15) is 10.9 Å². The first-order valence-corrected chi connectivity index (χ1v) is 9.09. The van der Waals surface area contributed by atoms with Crippen molar-refractivity contribution in [3.05, 3.63) is 39.1 Å². The van der Waals surface area contributed by atoms with Crippen LogP contribution in [0.5, 0.6) is 0 Å². The van der Waals surface area contributed by atoms with Crippen LogP contribution in [0.25, 0.3) is 11.3 Å². The van der Waals surface area contributed by atoms with Crippen LogP contribution in [-0.4, -0.2) is 17.2 Å². The lowest BCUT2D eigenvalue weighted by Crippen LogP contribution is -2.10. The fourth-order valence-corrected chi connectivity index (χ4v) is 3.74. The van der Waals surface area contributed by atoms with Crippen molar-refractivity contribution in [2.45, 2.75) is 31.6 Å². The molecule has 0 N–H and O–H groups in total. The van der Waals surface area contributed by atoms with Crippen LogP contribution in [0.1, 0.15) is 36.6 Å². The smallest absolute Gasteiger partial charge is 0.136 e. The standard InChI is InChI=1S/C17H16BrN3S/c18-13-7-5-12(6-8-13)16-11-22-17(21-16)14(10-19)15-4-2-1-3-9-20-15/h5-8,11,14H,1-4,9H2/t14-/m0/s1. The minimum atomic E-state index is -0.285. The van der Waals surface area contributed by atoms with Crippen molar-refractivity contribution in [3.63, 3.8) is 0 Å². The third-order valence-corrected chi connectivity index (χ3v) is 5.22. The van der Waals surface area contributed by atoms with Crippen molar-refractivity contribution in [2.75, 3.05) is 6.54 Å². The lowest BCUT2D eigenvalue weighted by atomic mass is 10.0. The summed E-state index contributed by atoms with van der Waals surface area (Å²) >= 11 is 5.00. The van der Waals surface area contributed by atoms with Gasteiger partial charge >= 0.3 is 0 Å². The molecule has 1 aliphatic heterocycles. The molecule has 0 fully saturated rings. The van der Waals surface area contributed by atoms with Gasteiger partial charge in [-0.2, -0.15) is 5.26 Å². The van der Waals surface area contributed by atoms with Gasteiger partial charge in [-0.05, 0) is 31.4 Å². The molecule has 1 aromatic heterocycles. The van der Waals surface area contributed by atoms with E-state index in [2.05, 4.69) is 32.0 Å². The van der Waals surface area contributed by atoms with Gasteiger partial charge in [-0.1, -0.05) is 34.5 Å². The second-order valence-corrected chi connectivity index (χ2v) is 7.13. The number of hydrogen-bond acceptors (Lipinski definition) is 4. The van der Waals surface area contributed by atoms with Crippen molar-refractivity contribution >= 4 is 33.0 Å². The monoisotopic (exact) mass is 373 g/mol. The predicted octanol–water partition coefficient (Wildman–Crippen LogP) is 5.19. The zero-order valence-corrected chi connectivity index (χ0v) is 14.5. The van der Waals surface area contributed by atoms with Crippen LogP contribution in [0.4, 0.5) is 0 Å². The quantitative estimate of drug-likeness (QED) is 0.742. The number of halogens is 1. The minimum Gasteiger partial charge on any atom is -0.292 e. The Bertz CT molecular complexity index is 712. The van der Waals surface area contributed by atoms with Crippen LogP contribution in [0.3, 0.4) is 0 Å². The van der Waals surface area contributed by atoms with Gasteiger partial charge < -0.3 is 0 Å². The molecule has 2 aromatic rings. The Labute approximate surface area is 142 Å². The molecule has 0 aliphatic carbocycles. The number of thiazole rings is 1. The number of hydrogen-bond donors (Lipinski definition) is 0. The number of benzene rings is 1. The van der Waals surface area contributed by atoms with E-state index in [0.717, 1.165) is 52.3 Å². The van der Waals surface area contributed by atoms with Gasteiger partial charge in [-0.15, -0.1) is 11.3 Å². The predicted molar refractivity (Wildman–Crippen MR) is 94.4 cm³/mol. The van der Waals surface area contributed by atoms with Crippen molar-refractivity contribution in [1.29, 1.82) is 5.26 Å². The van der Waals surface area contributed by atoms with E-state index in [9.17, 15) is 5.26 Å². The highest BCUT2D eigenvalue weighted by Crippen LogP contribution is 2.29. The molecule has 112 valence electrons. The van der Waals surface area contributed by atoms with Crippen molar-refractivity contribution in [2.24, 2.45) is 4.99 Å². The summed E-state index contributed by atoms with van der Waals surface area (Å²) in [6.45, 7) is 0.846. The summed E-state index contributed by atoms with van der Waals surface area (Å²) in [5.74, 6) is -0.285. The molecule has 1 aromatic carbocycles. The molecule has 0 unspecified atom stereocenters. The first kappa shape index (κ1) is 15.4. The summed E-state index contributed by atoms with van der Waals surface area (Å²) in [5, 5.41) is 12.5. The summed E-state index contributed by atoms with van der Waals surface area (Å²) in [6.07, 6.45) is 4.38. The maximum absolute atomic E-state index is 9.57. The maximum atomic E-state index is 9.57. The van der Waals surface area contributed by atoms with Crippen LogP contribution in [0.2, 0.25) is 0 Å². The molecule has 1 atom stereocenters. The van der Waals surface area contributed by atoms with E-state index >= 15 is 0 Å². The Morgan fingerprint density at radius 3 is 2.77 bits per heavy atom. The van der Waals surface area contributed by atoms with Crippen LogP contribution in [-0.2, 0) is 0 Å². The van der Waals surface area contributed by atoms with Gasteiger partial charge in [0.2, 0.25) is 0 Å². The Morgan fingerprint density at radius 1 is 1.18 bits per heavy atom. The van der Waals surface area contributed by atoms with Crippen molar-refractivity contribution in [3.8, 4) is 17.3 Å².